The Balaban J connectivity index is 1.69. The maximum absolute atomic E-state index is 13.1. The molecular formula is C21H20FN3O4. The maximum atomic E-state index is 13.1. The highest BCUT2D eigenvalue weighted by atomic mass is 19.1. The Hall–Kier alpha value is -3.55. The third-order valence-electron chi connectivity index (χ3n) is 4.94. The smallest absolute Gasteiger partial charge is 0.256 e. The van der Waals surface area contributed by atoms with Crippen LogP contribution >= 0.6 is 0 Å². The molecule has 2 amide bonds. The van der Waals surface area contributed by atoms with E-state index in [0.29, 0.717) is 22.7 Å². The fraction of sp³-hybridized carbons (Fsp3) is 0.238. The summed E-state index contributed by atoms with van der Waals surface area (Å²) in [6.07, 6.45) is 0.760. The summed E-state index contributed by atoms with van der Waals surface area (Å²) in [5.41, 5.74) is 1.89. The minimum atomic E-state index is -1.000. The van der Waals surface area contributed by atoms with Crippen molar-refractivity contribution >= 4 is 28.4 Å². The summed E-state index contributed by atoms with van der Waals surface area (Å²) in [6.45, 7) is 0.120. The highest BCUT2D eigenvalue weighted by Crippen LogP contribution is 2.37. The molecule has 2 heterocycles. The van der Waals surface area contributed by atoms with Crippen LogP contribution in [0, 0.1) is 0 Å². The number of aromatic amines is 1. The summed E-state index contributed by atoms with van der Waals surface area (Å²) in [4.78, 5) is 30.1. The summed E-state index contributed by atoms with van der Waals surface area (Å²) >= 11 is 0. The molecule has 1 aliphatic heterocycles. The number of fused-ring (bicyclic) bond motifs is 1. The van der Waals surface area contributed by atoms with E-state index >= 15 is 0 Å². The molecule has 2 N–H and O–H groups in total. The summed E-state index contributed by atoms with van der Waals surface area (Å²) in [7, 11) is 2.89. The minimum absolute atomic E-state index is 0.0599. The lowest BCUT2D eigenvalue weighted by Crippen LogP contribution is -2.51. The minimum Gasteiger partial charge on any atom is -0.493 e. The molecule has 2 aromatic carbocycles. The number of carbonyl (C=O) groups excluding carboxylic acids is 2. The molecule has 4 rings (SSSR count). The van der Waals surface area contributed by atoms with Gasteiger partial charge in [0.05, 0.1) is 33.0 Å². The first-order chi connectivity index (χ1) is 14.0. The maximum Gasteiger partial charge on any atom is 0.256 e. The largest absolute Gasteiger partial charge is 0.493 e. The number of rotatable bonds is 5. The monoisotopic (exact) mass is 397 g/mol. The summed E-state index contributed by atoms with van der Waals surface area (Å²) in [6, 6.07) is 10.2. The second-order valence-corrected chi connectivity index (χ2v) is 6.77. The van der Waals surface area contributed by atoms with E-state index < -0.39 is 6.17 Å². The van der Waals surface area contributed by atoms with Gasteiger partial charge in [0.1, 0.15) is 6.17 Å². The first-order valence-corrected chi connectivity index (χ1v) is 9.08. The lowest BCUT2D eigenvalue weighted by Gasteiger charge is -2.34. The van der Waals surface area contributed by atoms with Gasteiger partial charge in [-0.15, -0.1) is 0 Å². The summed E-state index contributed by atoms with van der Waals surface area (Å²) in [5, 5.41) is 3.59. The van der Waals surface area contributed by atoms with Crippen LogP contribution in [0.2, 0.25) is 0 Å². The van der Waals surface area contributed by atoms with Crippen molar-refractivity contribution in [1.29, 1.82) is 0 Å². The van der Waals surface area contributed by atoms with Gasteiger partial charge in [-0.05, 0) is 30.3 Å². The van der Waals surface area contributed by atoms with Crippen molar-refractivity contribution in [3.05, 3.63) is 53.7 Å². The van der Waals surface area contributed by atoms with E-state index in [1.165, 1.54) is 31.3 Å². The number of hydrogen-bond acceptors (Lipinski definition) is 4. The number of hydrogen-bond donors (Lipinski definition) is 2. The number of aromatic nitrogens is 1. The number of carbonyl (C=O) groups is 2. The van der Waals surface area contributed by atoms with Crippen molar-refractivity contribution < 1.29 is 23.5 Å². The Morgan fingerprint density at radius 1 is 1.17 bits per heavy atom. The van der Waals surface area contributed by atoms with Crippen molar-refractivity contribution in [3.8, 4) is 11.5 Å². The van der Waals surface area contributed by atoms with E-state index in [4.69, 9.17) is 9.47 Å². The van der Waals surface area contributed by atoms with Gasteiger partial charge in [0.15, 0.2) is 11.5 Å². The molecule has 1 saturated heterocycles. The van der Waals surface area contributed by atoms with Crippen LogP contribution in [0.1, 0.15) is 20.7 Å². The van der Waals surface area contributed by atoms with E-state index in [2.05, 4.69) is 10.3 Å². The number of ether oxygens (including phenoxy) is 2. The van der Waals surface area contributed by atoms with Crippen LogP contribution in [0.5, 0.6) is 11.5 Å². The van der Waals surface area contributed by atoms with E-state index in [0.717, 1.165) is 10.9 Å². The van der Waals surface area contributed by atoms with Crippen molar-refractivity contribution in [3.63, 3.8) is 0 Å². The van der Waals surface area contributed by atoms with Crippen LogP contribution in [-0.2, 0) is 0 Å². The molecule has 0 bridgehead atoms. The van der Waals surface area contributed by atoms with E-state index in [1.54, 1.807) is 18.3 Å². The van der Waals surface area contributed by atoms with Crippen molar-refractivity contribution in [1.82, 2.24) is 9.88 Å². The normalized spacial score (nSPS) is 13.8. The van der Waals surface area contributed by atoms with Gasteiger partial charge >= 0.3 is 0 Å². The SMILES string of the molecule is COc1cc(C(=O)N2CC(F)C2)cc(NC(=O)c2cccc3[nH]ccc23)c1OC. The van der Waals surface area contributed by atoms with E-state index in [1.807, 2.05) is 12.1 Å². The number of nitrogens with one attached hydrogen (secondary N) is 2. The molecule has 0 unspecified atom stereocenters. The Morgan fingerprint density at radius 3 is 2.66 bits per heavy atom. The topological polar surface area (TPSA) is 83.7 Å². The molecule has 29 heavy (non-hydrogen) atoms. The van der Waals surface area contributed by atoms with Crippen LogP contribution in [0.25, 0.3) is 10.9 Å². The third-order valence-corrected chi connectivity index (χ3v) is 4.94. The lowest BCUT2D eigenvalue weighted by molar-refractivity contribution is 0.0400. The molecular weight excluding hydrogens is 377 g/mol. The van der Waals surface area contributed by atoms with Gasteiger partial charge in [-0.3, -0.25) is 9.59 Å². The Morgan fingerprint density at radius 2 is 1.97 bits per heavy atom. The molecule has 1 fully saturated rings. The number of halogens is 1. The molecule has 0 aliphatic carbocycles. The zero-order chi connectivity index (χ0) is 20.5. The Labute approximate surface area is 166 Å². The highest BCUT2D eigenvalue weighted by molar-refractivity contribution is 6.13. The van der Waals surface area contributed by atoms with E-state index in [-0.39, 0.29) is 30.5 Å². The molecule has 0 atom stereocenters. The van der Waals surface area contributed by atoms with Crippen molar-refractivity contribution in [2.75, 3.05) is 32.6 Å². The molecule has 0 saturated carbocycles. The average molecular weight is 397 g/mol. The van der Waals surface area contributed by atoms with E-state index in [9.17, 15) is 14.0 Å². The zero-order valence-electron chi connectivity index (χ0n) is 16.0. The zero-order valence-corrected chi connectivity index (χ0v) is 16.0. The number of likely N-dealkylation sites (tertiary alicyclic amines) is 1. The highest BCUT2D eigenvalue weighted by Gasteiger charge is 2.32. The number of methoxy groups -OCH3 is 2. The summed E-state index contributed by atoms with van der Waals surface area (Å²) < 4.78 is 23.9. The first kappa shape index (κ1) is 18.8. The molecule has 0 radical (unpaired) electrons. The number of amides is 2. The molecule has 1 aromatic heterocycles. The fourth-order valence-electron chi connectivity index (χ4n) is 3.43. The second kappa shape index (κ2) is 7.46. The number of anilines is 1. The Bertz CT molecular complexity index is 1090. The van der Waals surface area contributed by atoms with Gasteiger partial charge in [0.25, 0.3) is 11.8 Å². The molecule has 150 valence electrons. The van der Waals surface area contributed by atoms with Crippen LogP contribution < -0.4 is 14.8 Å². The quantitative estimate of drug-likeness (QED) is 0.692. The average Bonchev–Trinajstić information content (AvgIpc) is 3.19. The van der Waals surface area contributed by atoms with Gasteiger partial charge in [0, 0.05) is 28.2 Å². The third kappa shape index (κ3) is 3.37. The molecule has 3 aromatic rings. The standard InChI is InChI=1S/C21H20FN3O4/c1-28-18-9-12(21(27)25-10-13(22)11-25)8-17(19(18)29-2)24-20(26)15-4-3-5-16-14(15)6-7-23-16/h3-9,13,23H,10-11H2,1-2H3,(H,24,26). The van der Waals surface area contributed by atoms with Crippen molar-refractivity contribution in [2.45, 2.75) is 6.17 Å². The molecule has 8 heteroatoms. The van der Waals surface area contributed by atoms with Gasteiger partial charge in [-0.25, -0.2) is 4.39 Å². The van der Waals surface area contributed by atoms with Crippen LogP contribution in [-0.4, -0.2) is 55.2 Å². The van der Waals surface area contributed by atoms with Gasteiger partial charge in [-0.2, -0.15) is 0 Å². The van der Waals surface area contributed by atoms with Crippen molar-refractivity contribution in [2.24, 2.45) is 0 Å². The molecule has 0 spiro atoms. The Kier molecular flexibility index (Phi) is 4.84. The molecule has 7 nitrogen and oxygen atoms in total. The summed E-state index contributed by atoms with van der Waals surface area (Å²) in [5.74, 6) is -0.0903. The number of nitrogens with zero attached hydrogens (tertiary/aromatic N) is 1. The second-order valence-electron chi connectivity index (χ2n) is 6.77. The number of benzene rings is 2. The fourth-order valence-corrected chi connectivity index (χ4v) is 3.43. The molecule has 1 aliphatic rings. The lowest BCUT2D eigenvalue weighted by atomic mass is 10.1. The van der Waals surface area contributed by atoms with Crippen LogP contribution in [0.3, 0.4) is 0 Å². The number of H-pyrrole nitrogens is 1. The van der Waals surface area contributed by atoms with Crippen LogP contribution in [0.4, 0.5) is 10.1 Å². The van der Waals surface area contributed by atoms with Crippen LogP contribution in [0.15, 0.2) is 42.6 Å². The first-order valence-electron chi connectivity index (χ1n) is 9.08. The van der Waals surface area contributed by atoms with Gasteiger partial charge < -0.3 is 24.7 Å². The predicted molar refractivity (Wildman–Crippen MR) is 107 cm³/mol. The predicted octanol–water partition coefficient (Wildman–Crippen LogP) is 3.23. The van der Waals surface area contributed by atoms with Gasteiger partial charge in [0.2, 0.25) is 0 Å². The number of alkyl halides is 1. The van der Waals surface area contributed by atoms with Gasteiger partial charge in [-0.1, -0.05) is 6.07 Å².